The van der Waals surface area contributed by atoms with Crippen LogP contribution in [0.25, 0.3) is 0 Å². The molecule has 1 aliphatic heterocycles. The topological polar surface area (TPSA) is 99.9 Å². The standard InChI is InChI=1S/C19H20N2O5/c1-11-4-3-5-14(17(11)20)19(23)26-12(2)18(22)21-9-13-6-7-15-16(8-13)25-10-24-15/h3-8,12H,9-10,20H2,1-2H3,(H,21,22)/t12-/m0/s1. The molecule has 0 aromatic heterocycles. The molecule has 0 fully saturated rings. The molecule has 1 heterocycles. The maximum atomic E-state index is 12.2. The minimum atomic E-state index is -0.948. The van der Waals surface area contributed by atoms with Crippen LogP contribution in [0.2, 0.25) is 0 Å². The second-order valence-electron chi connectivity index (χ2n) is 5.99. The molecule has 1 aliphatic rings. The van der Waals surface area contributed by atoms with E-state index in [0.717, 1.165) is 11.1 Å². The van der Waals surface area contributed by atoms with Gasteiger partial charge in [-0.2, -0.15) is 0 Å². The summed E-state index contributed by atoms with van der Waals surface area (Å²) in [7, 11) is 0. The summed E-state index contributed by atoms with van der Waals surface area (Å²) in [4.78, 5) is 24.4. The monoisotopic (exact) mass is 356 g/mol. The van der Waals surface area contributed by atoms with Gasteiger partial charge >= 0.3 is 5.97 Å². The van der Waals surface area contributed by atoms with Crippen molar-refractivity contribution in [3.63, 3.8) is 0 Å². The van der Waals surface area contributed by atoms with Gasteiger partial charge < -0.3 is 25.3 Å². The number of para-hydroxylation sites is 1. The van der Waals surface area contributed by atoms with Gasteiger partial charge in [0.05, 0.1) is 5.56 Å². The van der Waals surface area contributed by atoms with E-state index in [1.54, 1.807) is 37.3 Å². The molecule has 2 aromatic carbocycles. The van der Waals surface area contributed by atoms with Gasteiger partial charge in [0.25, 0.3) is 5.91 Å². The van der Waals surface area contributed by atoms with E-state index in [1.165, 1.54) is 6.92 Å². The fourth-order valence-electron chi connectivity index (χ4n) is 2.52. The van der Waals surface area contributed by atoms with Crippen molar-refractivity contribution in [2.24, 2.45) is 0 Å². The first kappa shape index (κ1) is 17.6. The van der Waals surface area contributed by atoms with Crippen molar-refractivity contribution in [2.45, 2.75) is 26.5 Å². The van der Waals surface area contributed by atoms with Crippen molar-refractivity contribution in [2.75, 3.05) is 12.5 Å². The number of carbonyl (C=O) groups excluding carboxylic acids is 2. The van der Waals surface area contributed by atoms with Gasteiger partial charge in [-0.05, 0) is 43.2 Å². The molecule has 1 atom stereocenters. The van der Waals surface area contributed by atoms with Gasteiger partial charge in [-0.1, -0.05) is 18.2 Å². The third kappa shape index (κ3) is 3.72. The molecule has 0 unspecified atom stereocenters. The highest BCUT2D eigenvalue weighted by atomic mass is 16.7. The highest BCUT2D eigenvalue weighted by Gasteiger charge is 2.21. The Kier molecular flexibility index (Phi) is 4.97. The molecule has 0 bridgehead atoms. The molecule has 136 valence electrons. The zero-order chi connectivity index (χ0) is 18.7. The highest BCUT2D eigenvalue weighted by molar-refractivity contribution is 5.97. The molecule has 26 heavy (non-hydrogen) atoms. The Labute approximate surface area is 151 Å². The number of anilines is 1. The summed E-state index contributed by atoms with van der Waals surface area (Å²) in [5.74, 6) is 0.295. The number of ether oxygens (including phenoxy) is 3. The van der Waals surface area contributed by atoms with Crippen LogP contribution in [0, 0.1) is 6.92 Å². The van der Waals surface area contributed by atoms with E-state index in [9.17, 15) is 9.59 Å². The normalized spacial score (nSPS) is 13.2. The quantitative estimate of drug-likeness (QED) is 0.629. The van der Waals surface area contributed by atoms with Gasteiger partial charge in [0, 0.05) is 12.2 Å². The number of esters is 1. The molecule has 7 heteroatoms. The number of nitrogens with one attached hydrogen (secondary N) is 1. The van der Waals surface area contributed by atoms with Crippen LogP contribution in [0.4, 0.5) is 5.69 Å². The Morgan fingerprint density at radius 3 is 2.81 bits per heavy atom. The fourth-order valence-corrected chi connectivity index (χ4v) is 2.52. The Morgan fingerprint density at radius 1 is 1.23 bits per heavy atom. The van der Waals surface area contributed by atoms with Gasteiger partial charge in [-0.3, -0.25) is 4.79 Å². The third-order valence-electron chi connectivity index (χ3n) is 4.10. The van der Waals surface area contributed by atoms with Crippen molar-refractivity contribution in [1.29, 1.82) is 0 Å². The van der Waals surface area contributed by atoms with Crippen LogP contribution >= 0.6 is 0 Å². The third-order valence-corrected chi connectivity index (χ3v) is 4.10. The average molecular weight is 356 g/mol. The summed E-state index contributed by atoms with van der Waals surface area (Å²) in [6, 6.07) is 10.5. The summed E-state index contributed by atoms with van der Waals surface area (Å²) in [6.45, 7) is 3.79. The number of hydrogen-bond donors (Lipinski definition) is 2. The number of aryl methyl sites for hydroxylation is 1. The van der Waals surface area contributed by atoms with Gasteiger partial charge in [0.2, 0.25) is 6.79 Å². The van der Waals surface area contributed by atoms with Crippen LogP contribution in [-0.4, -0.2) is 24.8 Å². The van der Waals surface area contributed by atoms with Gasteiger partial charge in [0.15, 0.2) is 17.6 Å². The minimum Gasteiger partial charge on any atom is -0.454 e. The van der Waals surface area contributed by atoms with E-state index >= 15 is 0 Å². The van der Waals surface area contributed by atoms with Crippen LogP contribution < -0.4 is 20.5 Å². The number of amides is 1. The van der Waals surface area contributed by atoms with E-state index in [2.05, 4.69) is 5.32 Å². The maximum Gasteiger partial charge on any atom is 0.341 e. The van der Waals surface area contributed by atoms with E-state index in [1.807, 2.05) is 6.07 Å². The second-order valence-corrected chi connectivity index (χ2v) is 5.99. The van der Waals surface area contributed by atoms with Crippen LogP contribution in [0.3, 0.4) is 0 Å². The molecule has 0 spiro atoms. The minimum absolute atomic E-state index is 0.195. The van der Waals surface area contributed by atoms with Crippen molar-refractivity contribution in [1.82, 2.24) is 5.32 Å². The number of fused-ring (bicyclic) bond motifs is 1. The summed E-state index contributed by atoms with van der Waals surface area (Å²) < 4.78 is 15.8. The number of hydrogen-bond acceptors (Lipinski definition) is 6. The Bertz CT molecular complexity index is 850. The molecule has 1 amide bonds. The number of nitrogens with two attached hydrogens (primary N) is 1. The average Bonchev–Trinajstić information content (AvgIpc) is 3.09. The molecular weight excluding hydrogens is 336 g/mol. The number of carbonyl (C=O) groups is 2. The molecule has 0 saturated heterocycles. The molecule has 0 saturated carbocycles. The van der Waals surface area contributed by atoms with Crippen molar-refractivity contribution < 1.29 is 23.8 Å². The summed E-state index contributed by atoms with van der Waals surface area (Å²) in [5.41, 5.74) is 8.12. The number of nitrogen functional groups attached to an aromatic ring is 1. The zero-order valence-corrected chi connectivity index (χ0v) is 14.6. The molecule has 0 aliphatic carbocycles. The Morgan fingerprint density at radius 2 is 2.00 bits per heavy atom. The molecule has 2 aromatic rings. The Balaban J connectivity index is 1.56. The first-order valence-electron chi connectivity index (χ1n) is 8.18. The van der Waals surface area contributed by atoms with Crippen molar-refractivity contribution in [3.8, 4) is 11.5 Å². The first-order valence-corrected chi connectivity index (χ1v) is 8.18. The lowest BCUT2D eigenvalue weighted by atomic mass is 10.1. The smallest absolute Gasteiger partial charge is 0.341 e. The zero-order valence-electron chi connectivity index (χ0n) is 14.6. The number of rotatable bonds is 5. The van der Waals surface area contributed by atoms with Crippen LogP contribution in [0.15, 0.2) is 36.4 Å². The summed E-state index contributed by atoms with van der Waals surface area (Å²) >= 11 is 0. The summed E-state index contributed by atoms with van der Waals surface area (Å²) in [5, 5.41) is 2.73. The lowest BCUT2D eigenvalue weighted by Gasteiger charge is -2.15. The highest BCUT2D eigenvalue weighted by Crippen LogP contribution is 2.32. The fraction of sp³-hybridized carbons (Fsp3) is 0.263. The van der Waals surface area contributed by atoms with Crippen molar-refractivity contribution in [3.05, 3.63) is 53.1 Å². The largest absolute Gasteiger partial charge is 0.454 e. The molecule has 3 N–H and O–H groups in total. The van der Waals surface area contributed by atoms with E-state index in [4.69, 9.17) is 19.9 Å². The van der Waals surface area contributed by atoms with Gasteiger partial charge in [0.1, 0.15) is 0 Å². The predicted octanol–water partition coefficient (Wildman–Crippen LogP) is 2.17. The lowest BCUT2D eigenvalue weighted by Crippen LogP contribution is -2.35. The molecular formula is C19H20N2O5. The molecule has 3 rings (SSSR count). The second kappa shape index (κ2) is 7.35. The first-order chi connectivity index (χ1) is 12.5. The van der Waals surface area contributed by atoms with Crippen LogP contribution in [-0.2, 0) is 16.1 Å². The maximum absolute atomic E-state index is 12.2. The van der Waals surface area contributed by atoms with Gasteiger partial charge in [-0.15, -0.1) is 0 Å². The van der Waals surface area contributed by atoms with E-state index < -0.39 is 18.0 Å². The summed E-state index contributed by atoms with van der Waals surface area (Å²) in [6.07, 6.45) is -0.948. The Hall–Kier alpha value is -3.22. The van der Waals surface area contributed by atoms with Crippen molar-refractivity contribution >= 4 is 17.6 Å². The molecule has 7 nitrogen and oxygen atoms in total. The number of benzene rings is 2. The predicted molar refractivity (Wildman–Crippen MR) is 94.9 cm³/mol. The molecule has 0 radical (unpaired) electrons. The van der Waals surface area contributed by atoms with Crippen LogP contribution in [0.1, 0.15) is 28.4 Å². The van der Waals surface area contributed by atoms with Crippen LogP contribution in [0.5, 0.6) is 11.5 Å². The van der Waals surface area contributed by atoms with E-state index in [-0.39, 0.29) is 18.9 Å². The van der Waals surface area contributed by atoms with Gasteiger partial charge in [-0.25, -0.2) is 4.79 Å². The SMILES string of the molecule is Cc1cccc(C(=O)O[C@@H](C)C(=O)NCc2ccc3c(c2)OCO3)c1N. The lowest BCUT2D eigenvalue weighted by molar-refractivity contribution is -0.129. The van der Waals surface area contributed by atoms with E-state index in [0.29, 0.717) is 17.2 Å².